The monoisotopic (exact) mass is 475 g/mol. The highest BCUT2D eigenvalue weighted by Crippen LogP contribution is 2.25. The van der Waals surface area contributed by atoms with Gasteiger partial charge in [0.1, 0.15) is 0 Å². The molecule has 2 N–H and O–H groups in total. The van der Waals surface area contributed by atoms with Gasteiger partial charge in [0.2, 0.25) is 0 Å². The number of sulfonamides is 1. The van der Waals surface area contributed by atoms with Crippen molar-refractivity contribution in [1.29, 1.82) is 0 Å². The van der Waals surface area contributed by atoms with Gasteiger partial charge in [-0.3, -0.25) is 18.9 Å². The van der Waals surface area contributed by atoms with E-state index in [0.717, 1.165) is 36.1 Å². The molecule has 0 unspecified atom stereocenters. The fourth-order valence-corrected chi connectivity index (χ4v) is 5.87. The molecule has 0 saturated carbocycles. The lowest BCUT2D eigenvalue weighted by molar-refractivity contribution is 0.0858. The molecule has 3 aromatic rings. The van der Waals surface area contributed by atoms with Crippen LogP contribution in [0.2, 0.25) is 0 Å². The molecule has 10 heteroatoms. The van der Waals surface area contributed by atoms with E-state index in [1.807, 2.05) is 6.92 Å². The molecule has 1 aliphatic rings. The van der Waals surface area contributed by atoms with E-state index in [1.165, 1.54) is 12.1 Å². The molecule has 0 aliphatic carbocycles. The molecule has 1 atom stereocenters. The normalized spacial score (nSPS) is 16.3. The summed E-state index contributed by atoms with van der Waals surface area (Å²) in [6, 6.07) is 11.1. The fourth-order valence-electron chi connectivity index (χ4n) is 3.73. The van der Waals surface area contributed by atoms with Crippen molar-refractivity contribution in [2.75, 3.05) is 17.9 Å². The highest BCUT2D eigenvalue weighted by atomic mass is 32.2. The number of ether oxygens (including phenoxy) is 1. The molecular formula is C22H25N3O5S2. The van der Waals surface area contributed by atoms with Crippen molar-refractivity contribution in [3.8, 4) is 0 Å². The largest absolute Gasteiger partial charge is 0.376 e. The lowest BCUT2D eigenvalue weighted by Gasteiger charge is -2.14. The zero-order chi connectivity index (χ0) is 22.7. The van der Waals surface area contributed by atoms with Crippen molar-refractivity contribution in [3.63, 3.8) is 0 Å². The van der Waals surface area contributed by atoms with Gasteiger partial charge in [0.15, 0.2) is 0 Å². The summed E-state index contributed by atoms with van der Waals surface area (Å²) in [5, 5.41) is 2.82. The molecule has 1 amide bonds. The van der Waals surface area contributed by atoms with Gasteiger partial charge in [0.25, 0.3) is 15.9 Å². The minimum atomic E-state index is -3.97. The Morgan fingerprint density at radius 2 is 2.06 bits per heavy atom. The van der Waals surface area contributed by atoms with Crippen LogP contribution in [0.1, 0.15) is 36.5 Å². The molecule has 0 radical (unpaired) electrons. The van der Waals surface area contributed by atoms with Crippen LogP contribution in [0.15, 0.2) is 52.2 Å². The Balaban J connectivity index is 1.57. The Morgan fingerprint density at radius 3 is 2.81 bits per heavy atom. The molecule has 1 saturated heterocycles. The third-order valence-corrected chi connectivity index (χ3v) is 7.63. The summed E-state index contributed by atoms with van der Waals surface area (Å²) in [6.07, 6.45) is 2.65. The van der Waals surface area contributed by atoms with E-state index in [-0.39, 0.29) is 33.0 Å². The van der Waals surface area contributed by atoms with Gasteiger partial charge >= 0.3 is 4.87 Å². The van der Waals surface area contributed by atoms with Gasteiger partial charge in [0.05, 0.1) is 32.5 Å². The standard InChI is InChI=1S/C22H25N3O5S2/c1-2-11-25-19-10-9-16(13-20(19)31-22(25)27)32(28,29)24-18-8-4-3-7-17(18)21(26)23-14-15-6-5-12-30-15/h3-4,7-10,13,15,24H,2,5-6,11-12,14H2,1H3,(H,23,26)/t15-/m1/s1. The van der Waals surface area contributed by atoms with E-state index in [2.05, 4.69) is 10.0 Å². The summed E-state index contributed by atoms with van der Waals surface area (Å²) in [5.41, 5.74) is 1.14. The van der Waals surface area contributed by atoms with Crippen molar-refractivity contribution in [2.24, 2.45) is 0 Å². The van der Waals surface area contributed by atoms with Crippen LogP contribution in [0.4, 0.5) is 5.69 Å². The number of nitrogens with one attached hydrogen (secondary N) is 2. The quantitative estimate of drug-likeness (QED) is 0.520. The highest BCUT2D eigenvalue weighted by molar-refractivity contribution is 7.92. The second kappa shape index (κ2) is 9.43. The molecule has 1 fully saturated rings. The summed E-state index contributed by atoms with van der Waals surface area (Å²) in [6.45, 7) is 3.63. The number of thiazole rings is 1. The van der Waals surface area contributed by atoms with Crippen molar-refractivity contribution in [2.45, 2.75) is 43.7 Å². The number of hydrogen-bond acceptors (Lipinski definition) is 6. The predicted molar refractivity (Wildman–Crippen MR) is 125 cm³/mol. The van der Waals surface area contributed by atoms with Gasteiger partial charge in [0, 0.05) is 19.7 Å². The molecule has 8 nitrogen and oxygen atoms in total. The molecule has 0 bridgehead atoms. The second-order valence-corrected chi connectivity index (χ2v) is 10.3. The highest BCUT2D eigenvalue weighted by Gasteiger charge is 2.21. The van der Waals surface area contributed by atoms with Crippen LogP contribution < -0.4 is 14.9 Å². The molecule has 1 aliphatic heterocycles. The van der Waals surface area contributed by atoms with E-state index >= 15 is 0 Å². The number of fused-ring (bicyclic) bond motifs is 1. The third kappa shape index (κ3) is 4.72. The van der Waals surface area contributed by atoms with Crippen molar-refractivity contribution >= 4 is 43.2 Å². The number of carbonyl (C=O) groups excluding carboxylic acids is 1. The van der Waals surface area contributed by atoms with Crippen molar-refractivity contribution < 1.29 is 17.9 Å². The average Bonchev–Trinajstić information content (AvgIpc) is 3.40. The number of amides is 1. The summed E-state index contributed by atoms with van der Waals surface area (Å²) in [5.74, 6) is -0.371. The number of carbonyl (C=O) groups is 1. The Kier molecular flexibility index (Phi) is 6.63. The number of nitrogens with zero attached hydrogens (tertiary/aromatic N) is 1. The van der Waals surface area contributed by atoms with Gasteiger partial charge < -0.3 is 10.1 Å². The van der Waals surface area contributed by atoms with Gasteiger partial charge in [-0.1, -0.05) is 30.4 Å². The van der Waals surface area contributed by atoms with Crippen LogP contribution in [0, 0.1) is 0 Å². The van der Waals surface area contributed by atoms with Crippen LogP contribution in [0.5, 0.6) is 0 Å². The minimum Gasteiger partial charge on any atom is -0.376 e. The molecule has 170 valence electrons. The number of benzene rings is 2. The van der Waals surface area contributed by atoms with E-state index in [1.54, 1.807) is 34.9 Å². The van der Waals surface area contributed by atoms with Crippen LogP contribution in [0.25, 0.3) is 10.2 Å². The maximum Gasteiger partial charge on any atom is 0.308 e. The minimum absolute atomic E-state index is 0.0123. The maximum atomic E-state index is 13.1. The lowest BCUT2D eigenvalue weighted by Crippen LogP contribution is -2.32. The van der Waals surface area contributed by atoms with E-state index in [0.29, 0.717) is 24.4 Å². The SMILES string of the molecule is CCCn1c(=O)sc2cc(S(=O)(=O)Nc3ccccc3C(=O)NC[C@H]3CCCO3)ccc21. The maximum absolute atomic E-state index is 13.1. The lowest BCUT2D eigenvalue weighted by atomic mass is 10.1. The first-order chi connectivity index (χ1) is 15.4. The zero-order valence-corrected chi connectivity index (χ0v) is 19.3. The van der Waals surface area contributed by atoms with Gasteiger partial charge in [-0.2, -0.15) is 0 Å². The first-order valence-electron chi connectivity index (χ1n) is 10.5. The molecule has 32 heavy (non-hydrogen) atoms. The number of aryl methyl sites for hydroxylation is 1. The van der Waals surface area contributed by atoms with E-state index in [4.69, 9.17) is 4.74 Å². The van der Waals surface area contributed by atoms with E-state index in [9.17, 15) is 18.0 Å². The predicted octanol–water partition coefficient (Wildman–Crippen LogP) is 3.18. The van der Waals surface area contributed by atoms with Crippen LogP contribution in [-0.4, -0.2) is 38.1 Å². The smallest absolute Gasteiger partial charge is 0.308 e. The molecule has 0 spiro atoms. The number of para-hydroxylation sites is 1. The molecule has 4 rings (SSSR count). The van der Waals surface area contributed by atoms with Crippen molar-refractivity contribution in [3.05, 3.63) is 57.7 Å². The summed E-state index contributed by atoms with van der Waals surface area (Å²) in [7, 11) is -3.97. The fraction of sp³-hybridized carbons (Fsp3) is 0.364. The first kappa shape index (κ1) is 22.5. The topological polar surface area (TPSA) is 107 Å². The second-order valence-electron chi connectivity index (χ2n) is 7.65. The van der Waals surface area contributed by atoms with Gasteiger partial charge in [-0.25, -0.2) is 8.42 Å². The third-order valence-electron chi connectivity index (χ3n) is 5.33. The Morgan fingerprint density at radius 1 is 1.25 bits per heavy atom. The summed E-state index contributed by atoms with van der Waals surface area (Å²) in [4.78, 5) is 24.8. The number of aromatic nitrogens is 1. The number of rotatable bonds is 8. The summed E-state index contributed by atoms with van der Waals surface area (Å²) >= 11 is 1.02. The van der Waals surface area contributed by atoms with Gasteiger partial charge in [-0.05, 0) is 49.6 Å². The van der Waals surface area contributed by atoms with E-state index < -0.39 is 10.0 Å². The van der Waals surface area contributed by atoms with Gasteiger partial charge in [-0.15, -0.1) is 0 Å². The van der Waals surface area contributed by atoms with Crippen LogP contribution in [0.3, 0.4) is 0 Å². The Bertz CT molecular complexity index is 1290. The van der Waals surface area contributed by atoms with Crippen LogP contribution >= 0.6 is 11.3 Å². The molecule has 1 aromatic heterocycles. The number of anilines is 1. The zero-order valence-electron chi connectivity index (χ0n) is 17.7. The Labute approximate surface area is 190 Å². The average molecular weight is 476 g/mol. The van der Waals surface area contributed by atoms with Crippen LogP contribution in [-0.2, 0) is 21.3 Å². The number of hydrogen-bond donors (Lipinski definition) is 2. The first-order valence-corrected chi connectivity index (χ1v) is 12.8. The Hall–Kier alpha value is -2.69. The summed E-state index contributed by atoms with van der Waals surface area (Å²) < 4.78 is 36.4. The molecular weight excluding hydrogens is 450 g/mol. The van der Waals surface area contributed by atoms with Crippen molar-refractivity contribution in [1.82, 2.24) is 9.88 Å². The molecule has 2 heterocycles. The molecule has 2 aromatic carbocycles.